The van der Waals surface area contributed by atoms with E-state index in [1.165, 1.54) is 35.1 Å². The number of aromatic nitrogens is 2. The van der Waals surface area contributed by atoms with Crippen molar-refractivity contribution in [3.63, 3.8) is 0 Å². The molecule has 174 valence electrons. The van der Waals surface area contributed by atoms with Gasteiger partial charge in [0.2, 0.25) is 5.91 Å². The van der Waals surface area contributed by atoms with Gasteiger partial charge in [-0.25, -0.2) is 4.98 Å². The molecule has 1 aliphatic heterocycles. The fourth-order valence-corrected chi connectivity index (χ4v) is 6.32. The molecule has 0 radical (unpaired) electrons. The highest BCUT2D eigenvalue weighted by Crippen LogP contribution is 2.28. The molecule has 2 amide bonds. The average molecular weight is 459 g/mol. The fourth-order valence-electron chi connectivity index (χ4n) is 5.28. The van der Waals surface area contributed by atoms with E-state index < -0.39 is 0 Å². The summed E-state index contributed by atoms with van der Waals surface area (Å²) < 4.78 is 1.39. The average Bonchev–Trinajstić information content (AvgIpc) is 2.90. The van der Waals surface area contributed by atoms with E-state index in [1.54, 1.807) is 0 Å². The summed E-state index contributed by atoms with van der Waals surface area (Å²) >= 11 is 1.26. The first kappa shape index (κ1) is 23.0. The molecule has 2 aliphatic rings. The van der Waals surface area contributed by atoms with Gasteiger partial charge in [0.05, 0.1) is 16.6 Å². The minimum atomic E-state index is -0.247. The maximum Gasteiger partial charge on any atom is 0.262 e. The number of carbonyl (C=O) groups is 2. The number of piperidine rings is 1. The normalized spacial score (nSPS) is 22.7. The Morgan fingerprint density at radius 1 is 1.12 bits per heavy atom. The highest BCUT2D eigenvalue weighted by Gasteiger charge is 2.27. The number of rotatable bonds is 4. The van der Waals surface area contributed by atoms with Crippen molar-refractivity contribution >= 4 is 33.4 Å². The Labute approximate surface area is 193 Å². The number of likely N-dealkylation sites (tertiary alicyclic amines) is 1. The molecule has 32 heavy (non-hydrogen) atoms. The van der Waals surface area contributed by atoms with Crippen molar-refractivity contribution < 1.29 is 9.59 Å². The van der Waals surface area contributed by atoms with E-state index in [1.807, 2.05) is 11.8 Å². The quantitative estimate of drug-likeness (QED) is 0.708. The number of nitrogens with one attached hydrogen (secondary N) is 1. The lowest BCUT2D eigenvalue weighted by molar-refractivity contribution is -0.134. The molecule has 2 atom stereocenters. The van der Waals surface area contributed by atoms with Crippen LogP contribution in [0, 0.1) is 18.8 Å². The number of hydrogen-bond donors (Lipinski definition) is 1. The van der Waals surface area contributed by atoms with Gasteiger partial charge in [-0.3, -0.25) is 19.0 Å². The molecular formula is C24H34N4O3S. The highest BCUT2D eigenvalue weighted by molar-refractivity contribution is 7.20. The van der Waals surface area contributed by atoms with E-state index in [0.717, 1.165) is 45.2 Å². The van der Waals surface area contributed by atoms with Crippen LogP contribution < -0.4 is 10.9 Å². The van der Waals surface area contributed by atoms with Gasteiger partial charge in [0.1, 0.15) is 11.4 Å². The van der Waals surface area contributed by atoms with E-state index >= 15 is 0 Å². The standard InChI is InChI=1S/C24H34N4O3S/c1-15-10-16(2)12-27(11-15)19(29)13-28-14-25-23-20(24(28)31)17(3)21(32-23)22(30)26-18-8-6-4-5-7-9-18/h14-16,18H,4-13H2,1-3H3,(H,26,30). The summed E-state index contributed by atoms with van der Waals surface area (Å²) in [7, 11) is 0. The molecule has 3 heterocycles. The van der Waals surface area contributed by atoms with E-state index in [4.69, 9.17) is 0 Å². The van der Waals surface area contributed by atoms with Gasteiger partial charge >= 0.3 is 0 Å². The predicted molar refractivity (Wildman–Crippen MR) is 127 cm³/mol. The summed E-state index contributed by atoms with van der Waals surface area (Å²) in [6, 6.07) is 0.200. The van der Waals surface area contributed by atoms with Gasteiger partial charge in [0.25, 0.3) is 11.5 Å². The summed E-state index contributed by atoms with van der Waals surface area (Å²) in [6.45, 7) is 7.58. The van der Waals surface area contributed by atoms with Gasteiger partial charge in [-0.15, -0.1) is 11.3 Å². The number of amides is 2. The van der Waals surface area contributed by atoms with Gasteiger partial charge in [0, 0.05) is 19.1 Å². The Morgan fingerprint density at radius 2 is 1.78 bits per heavy atom. The molecule has 8 heteroatoms. The second kappa shape index (κ2) is 9.73. The molecule has 1 aliphatic carbocycles. The molecule has 2 fully saturated rings. The number of hydrogen-bond acceptors (Lipinski definition) is 5. The Morgan fingerprint density at radius 3 is 2.44 bits per heavy atom. The Balaban J connectivity index is 1.53. The monoisotopic (exact) mass is 458 g/mol. The summed E-state index contributed by atoms with van der Waals surface area (Å²) in [6.07, 6.45) is 9.33. The second-order valence-corrected chi connectivity index (χ2v) is 10.8. The van der Waals surface area contributed by atoms with Gasteiger partial charge in [-0.1, -0.05) is 39.5 Å². The molecule has 2 aromatic rings. The molecule has 7 nitrogen and oxygen atoms in total. The first-order chi connectivity index (χ1) is 15.3. The number of carbonyl (C=O) groups excluding carboxylic acids is 2. The van der Waals surface area contributed by atoms with Crippen LogP contribution in [0.3, 0.4) is 0 Å². The Bertz CT molecular complexity index is 1040. The van der Waals surface area contributed by atoms with Crippen LogP contribution in [0.2, 0.25) is 0 Å². The van der Waals surface area contributed by atoms with Gasteiger partial charge in [-0.2, -0.15) is 0 Å². The van der Waals surface area contributed by atoms with Crippen molar-refractivity contribution in [2.75, 3.05) is 13.1 Å². The van der Waals surface area contributed by atoms with E-state index in [2.05, 4.69) is 24.1 Å². The van der Waals surface area contributed by atoms with Crippen molar-refractivity contribution in [1.29, 1.82) is 0 Å². The maximum absolute atomic E-state index is 13.2. The third-order valence-electron chi connectivity index (χ3n) is 6.84. The Kier molecular flexibility index (Phi) is 6.98. The first-order valence-corrected chi connectivity index (χ1v) is 12.7. The van der Waals surface area contributed by atoms with Crippen LogP contribution in [-0.2, 0) is 11.3 Å². The third kappa shape index (κ3) is 4.90. The van der Waals surface area contributed by atoms with Crippen molar-refractivity contribution in [2.24, 2.45) is 11.8 Å². The maximum atomic E-state index is 13.2. The van der Waals surface area contributed by atoms with Crippen molar-refractivity contribution in [3.05, 3.63) is 27.1 Å². The first-order valence-electron chi connectivity index (χ1n) is 11.9. The van der Waals surface area contributed by atoms with E-state index in [-0.39, 0.29) is 30.0 Å². The van der Waals surface area contributed by atoms with E-state index in [9.17, 15) is 14.4 Å². The molecule has 0 bridgehead atoms. The molecular weight excluding hydrogens is 424 g/mol. The zero-order chi connectivity index (χ0) is 22.8. The van der Waals surface area contributed by atoms with Crippen LogP contribution in [-0.4, -0.2) is 45.4 Å². The van der Waals surface area contributed by atoms with Crippen molar-refractivity contribution in [1.82, 2.24) is 19.8 Å². The van der Waals surface area contributed by atoms with Crippen molar-refractivity contribution in [2.45, 2.75) is 78.3 Å². The number of thiophene rings is 1. The zero-order valence-corrected chi connectivity index (χ0v) is 20.2. The van der Waals surface area contributed by atoms with Gasteiger partial charge < -0.3 is 10.2 Å². The molecule has 0 aromatic carbocycles. The highest BCUT2D eigenvalue weighted by atomic mass is 32.1. The number of nitrogens with zero attached hydrogens (tertiary/aromatic N) is 3. The predicted octanol–water partition coefficient (Wildman–Crippen LogP) is 3.72. The summed E-state index contributed by atoms with van der Waals surface area (Å²) in [5.74, 6) is 0.768. The second-order valence-electron chi connectivity index (χ2n) is 9.82. The van der Waals surface area contributed by atoms with Crippen LogP contribution in [0.4, 0.5) is 0 Å². The van der Waals surface area contributed by atoms with Crippen LogP contribution in [0.5, 0.6) is 0 Å². The van der Waals surface area contributed by atoms with Crippen LogP contribution in [0.15, 0.2) is 11.1 Å². The third-order valence-corrected chi connectivity index (χ3v) is 8.04. The smallest absolute Gasteiger partial charge is 0.262 e. The minimum absolute atomic E-state index is 0.0138. The van der Waals surface area contributed by atoms with Crippen LogP contribution in [0.1, 0.15) is 74.0 Å². The summed E-state index contributed by atoms with van der Waals surface area (Å²) in [5, 5.41) is 3.62. The summed E-state index contributed by atoms with van der Waals surface area (Å²) in [4.78, 5) is 46.4. The lowest BCUT2D eigenvalue weighted by Crippen LogP contribution is -2.44. The molecule has 1 saturated heterocycles. The lowest BCUT2D eigenvalue weighted by atomic mass is 9.92. The largest absolute Gasteiger partial charge is 0.349 e. The molecule has 2 unspecified atom stereocenters. The van der Waals surface area contributed by atoms with Crippen LogP contribution in [0.25, 0.3) is 10.2 Å². The molecule has 4 rings (SSSR count). The molecule has 1 N–H and O–H groups in total. The van der Waals surface area contributed by atoms with Gasteiger partial charge in [0.15, 0.2) is 0 Å². The number of fused-ring (bicyclic) bond motifs is 1. The molecule has 2 aromatic heterocycles. The fraction of sp³-hybridized carbons (Fsp3) is 0.667. The lowest BCUT2D eigenvalue weighted by Gasteiger charge is -2.35. The zero-order valence-electron chi connectivity index (χ0n) is 19.4. The van der Waals surface area contributed by atoms with Crippen LogP contribution >= 0.6 is 11.3 Å². The molecule has 1 saturated carbocycles. The van der Waals surface area contributed by atoms with Crippen molar-refractivity contribution in [3.8, 4) is 0 Å². The summed E-state index contributed by atoms with van der Waals surface area (Å²) in [5.41, 5.74) is 0.416. The van der Waals surface area contributed by atoms with E-state index in [0.29, 0.717) is 32.5 Å². The number of aryl methyl sites for hydroxylation is 1. The Hall–Kier alpha value is -2.22. The minimum Gasteiger partial charge on any atom is -0.349 e. The topological polar surface area (TPSA) is 84.3 Å². The van der Waals surface area contributed by atoms with Gasteiger partial charge in [-0.05, 0) is 43.6 Å². The molecule has 0 spiro atoms. The SMILES string of the molecule is Cc1c(C(=O)NC2CCCCCC2)sc2ncn(CC(=O)N3CC(C)CC(C)C3)c(=O)c12.